The van der Waals surface area contributed by atoms with Crippen LogP contribution in [0.4, 0.5) is 4.79 Å². The zero-order valence-electron chi connectivity index (χ0n) is 14.5. The van der Waals surface area contributed by atoms with Gasteiger partial charge in [-0.3, -0.25) is 4.98 Å². The van der Waals surface area contributed by atoms with E-state index in [-0.39, 0.29) is 18.1 Å². The molecule has 0 bridgehead atoms. The van der Waals surface area contributed by atoms with E-state index in [9.17, 15) is 9.90 Å². The predicted octanol–water partition coefficient (Wildman–Crippen LogP) is 2.78. The first-order chi connectivity index (χ1) is 10.4. The van der Waals surface area contributed by atoms with Crippen LogP contribution in [0.1, 0.15) is 32.2 Å². The Morgan fingerprint density at radius 2 is 2.00 bits per heavy atom. The van der Waals surface area contributed by atoms with Crippen molar-refractivity contribution in [2.75, 3.05) is 13.1 Å². The average molecular weight is 338 g/mol. The van der Waals surface area contributed by atoms with Crippen molar-refractivity contribution < 1.29 is 19.4 Å². The average Bonchev–Trinajstić information content (AvgIpc) is 2.40. The summed E-state index contributed by atoms with van der Waals surface area (Å²) in [4.78, 5) is 16.5. The van der Waals surface area contributed by atoms with Crippen molar-refractivity contribution in [2.24, 2.45) is 0 Å². The van der Waals surface area contributed by atoms with Gasteiger partial charge in [-0.15, -0.1) is 0 Å². The Hall–Kier alpha value is -1.44. The summed E-state index contributed by atoms with van der Waals surface area (Å²) in [6.45, 7) is 11.4. The molecule has 1 aromatic rings. The Morgan fingerprint density at radius 1 is 1.39 bits per heavy atom. The van der Waals surface area contributed by atoms with Crippen LogP contribution in [-0.2, 0) is 16.6 Å². The maximum atomic E-state index is 10.9. The van der Waals surface area contributed by atoms with E-state index in [0.29, 0.717) is 12.3 Å². The number of aromatic nitrogens is 1. The summed E-state index contributed by atoms with van der Waals surface area (Å²) >= 11 is 0. The van der Waals surface area contributed by atoms with Gasteiger partial charge in [-0.05, 0) is 30.3 Å². The fourth-order valence-corrected chi connectivity index (χ4v) is 3.11. The van der Waals surface area contributed by atoms with Gasteiger partial charge in [-0.2, -0.15) is 0 Å². The number of β-amino-alcohol motifs (C(OH)–C–C–N with tert-alkyl or cyclic N) is 1. The van der Waals surface area contributed by atoms with Crippen molar-refractivity contribution in [3.05, 3.63) is 29.6 Å². The van der Waals surface area contributed by atoms with Gasteiger partial charge in [0.1, 0.15) is 5.60 Å². The number of hydrogen-bond acceptors (Lipinski definition) is 4. The summed E-state index contributed by atoms with van der Waals surface area (Å²) < 4.78 is 6.15. The lowest BCUT2D eigenvalue weighted by Gasteiger charge is -2.44. The molecule has 0 aliphatic carbocycles. The summed E-state index contributed by atoms with van der Waals surface area (Å²) in [5.74, 6) is 0. The molecule has 2 N–H and O–H groups in total. The van der Waals surface area contributed by atoms with Gasteiger partial charge in [0.15, 0.2) is 8.32 Å². The first-order valence-corrected chi connectivity index (χ1v) is 10.7. The number of pyridine rings is 1. The SMILES string of the molecule is CC(C)(C)[Si](C)(C)OCc1cccc(C2(O)CN(C(=O)O)C2)n1. The standard InChI is InChI=1S/C16H26N2O4Si/c1-15(2,3)23(4,5)22-9-12-7-6-8-13(17-12)16(21)10-18(11-16)14(19)20/h6-8,21H,9-11H2,1-5H3,(H,19,20). The maximum absolute atomic E-state index is 10.9. The molecule has 0 saturated carbocycles. The minimum absolute atomic E-state index is 0.0574. The van der Waals surface area contributed by atoms with Crippen LogP contribution in [0, 0.1) is 0 Å². The third kappa shape index (κ3) is 3.73. The van der Waals surface area contributed by atoms with E-state index in [0.717, 1.165) is 5.69 Å². The Morgan fingerprint density at radius 3 is 2.52 bits per heavy atom. The van der Waals surface area contributed by atoms with Crippen molar-refractivity contribution in [2.45, 2.75) is 51.1 Å². The lowest BCUT2D eigenvalue weighted by atomic mass is 9.90. The van der Waals surface area contributed by atoms with E-state index >= 15 is 0 Å². The highest BCUT2D eigenvalue weighted by molar-refractivity contribution is 6.74. The van der Waals surface area contributed by atoms with Crippen molar-refractivity contribution in [3.63, 3.8) is 0 Å². The third-order valence-corrected chi connectivity index (χ3v) is 9.32. The molecule has 0 aromatic carbocycles. The fourth-order valence-electron chi connectivity index (χ4n) is 2.17. The lowest BCUT2D eigenvalue weighted by Crippen LogP contribution is -2.61. The summed E-state index contributed by atoms with van der Waals surface area (Å²) in [5, 5.41) is 19.5. The van der Waals surface area contributed by atoms with E-state index in [2.05, 4.69) is 38.8 Å². The van der Waals surface area contributed by atoms with Gasteiger partial charge in [0.25, 0.3) is 0 Å². The Bertz CT molecular complexity index is 592. The first kappa shape index (κ1) is 17.9. The molecule has 0 unspecified atom stereocenters. The summed E-state index contributed by atoms with van der Waals surface area (Å²) in [6.07, 6.45) is -1.02. The summed E-state index contributed by atoms with van der Waals surface area (Å²) in [5.41, 5.74) is 0.0756. The minimum atomic E-state index is -1.86. The molecule has 6 nitrogen and oxygen atoms in total. The number of hydrogen-bond donors (Lipinski definition) is 2. The van der Waals surface area contributed by atoms with Gasteiger partial charge in [-0.25, -0.2) is 4.79 Å². The Balaban J connectivity index is 2.05. The first-order valence-electron chi connectivity index (χ1n) is 7.75. The molecule has 1 fully saturated rings. The second-order valence-electron chi connectivity index (χ2n) is 7.73. The molecule has 7 heteroatoms. The number of nitrogens with zero attached hydrogens (tertiary/aromatic N) is 2. The quantitative estimate of drug-likeness (QED) is 0.825. The Labute approximate surface area is 138 Å². The highest BCUT2D eigenvalue weighted by Gasteiger charge is 2.46. The molecule has 2 rings (SSSR count). The monoisotopic (exact) mass is 338 g/mol. The van der Waals surface area contributed by atoms with Gasteiger partial charge in [-0.1, -0.05) is 26.8 Å². The molecule has 0 radical (unpaired) electrons. The van der Waals surface area contributed by atoms with E-state index in [1.54, 1.807) is 6.07 Å². The number of amides is 1. The number of rotatable bonds is 4. The highest BCUT2D eigenvalue weighted by Crippen LogP contribution is 2.37. The second kappa shape index (κ2) is 5.88. The normalized spacial score (nSPS) is 17.7. The van der Waals surface area contributed by atoms with Crippen molar-refractivity contribution in [1.29, 1.82) is 0 Å². The van der Waals surface area contributed by atoms with Gasteiger partial charge in [0, 0.05) is 0 Å². The molecular formula is C16H26N2O4Si. The molecule has 1 saturated heterocycles. The van der Waals surface area contributed by atoms with Crippen LogP contribution < -0.4 is 0 Å². The molecule has 1 aromatic heterocycles. The van der Waals surface area contributed by atoms with Crippen molar-refractivity contribution in [1.82, 2.24) is 9.88 Å². The largest absolute Gasteiger partial charge is 0.465 e. The molecule has 2 heterocycles. The molecule has 0 spiro atoms. The predicted molar refractivity (Wildman–Crippen MR) is 89.7 cm³/mol. The zero-order valence-corrected chi connectivity index (χ0v) is 15.5. The van der Waals surface area contributed by atoms with Crippen LogP contribution >= 0.6 is 0 Å². The Kier molecular flexibility index (Phi) is 4.58. The van der Waals surface area contributed by atoms with Crippen LogP contribution in [0.25, 0.3) is 0 Å². The van der Waals surface area contributed by atoms with Crippen LogP contribution in [-0.4, -0.2) is 47.6 Å². The number of likely N-dealkylation sites (tertiary alicyclic amines) is 1. The molecular weight excluding hydrogens is 312 g/mol. The topological polar surface area (TPSA) is 82.9 Å². The van der Waals surface area contributed by atoms with E-state index in [1.165, 1.54) is 4.90 Å². The van der Waals surface area contributed by atoms with Gasteiger partial charge < -0.3 is 19.5 Å². The molecule has 23 heavy (non-hydrogen) atoms. The van der Waals surface area contributed by atoms with Gasteiger partial charge in [0.2, 0.25) is 0 Å². The number of carbonyl (C=O) groups is 1. The fraction of sp³-hybridized carbons (Fsp3) is 0.625. The van der Waals surface area contributed by atoms with Gasteiger partial charge >= 0.3 is 6.09 Å². The zero-order chi connectivity index (χ0) is 17.5. The minimum Gasteiger partial charge on any atom is -0.465 e. The van der Waals surface area contributed by atoms with Crippen LogP contribution in [0.15, 0.2) is 18.2 Å². The smallest absolute Gasteiger partial charge is 0.407 e. The van der Waals surface area contributed by atoms with Crippen LogP contribution in [0.2, 0.25) is 18.1 Å². The van der Waals surface area contributed by atoms with Gasteiger partial charge in [0.05, 0.1) is 31.1 Å². The van der Waals surface area contributed by atoms with Crippen molar-refractivity contribution >= 4 is 14.4 Å². The summed E-state index contributed by atoms with van der Waals surface area (Å²) in [6, 6.07) is 5.43. The highest BCUT2D eigenvalue weighted by atomic mass is 28.4. The summed E-state index contributed by atoms with van der Waals surface area (Å²) in [7, 11) is -1.86. The van der Waals surface area contributed by atoms with Crippen molar-refractivity contribution in [3.8, 4) is 0 Å². The number of aliphatic hydroxyl groups is 1. The van der Waals surface area contributed by atoms with E-state index in [1.807, 2.05) is 12.1 Å². The lowest BCUT2D eigenvalue weighted by molar-refractivity contribution is -0.0928. The second-order valence-corrected chi connectivity index (χ2v) is 12.5. The molecule has 128 valence electrons. The molecule has 1 amide bonds. The maximum Gasteiger partial charge on any atom is 0.407 e. The molecule has 1 aliphatic heterocycles. The number of carboxylic acid groups (broad SMARTS) is 1. The third-order valence-electron chi connectivity index (χ3n) is 4.85. The van der Waals surface area contributed by atoms with E-state index < -0.39 is 20.0 Å². The molecule has 0 atom stereocenters. The van der Waals surface area contributed by atoms with E-state index in [4.69, 9.17) is 9.53 Å². The molecule has 1 aliphatic rings. The van der Waals surface area contributed by atoms with Crippen LogP contribution in [0.5, 0.6) is 0 Å². The van der Waals surface area contributed by atoms with Crippen LogP contribution in [0.3, 0.4) is 0 Å².